The molecule has 21 heavy (non-hydrogen) atoms. The highest BCUT2D eigenvalue weighted by atomic mass is 35.5. The molecule has 9 heteroatoms. The van der Waals surface area contributed by atoms with Crippen LogP contribution in [0.2, 0.25) is 5.02 Å². The van der Waals surface area contributed by atoms with Crippen LogP contribution in [-0.2, 0) is 6.54 Å². The second kappa shape index (κ2) is 5.98. The molecule has 3 rings (SSSR count). The summed E-state index contributed by atoms with van der Waals surface area (Å²) in [6.45, 7) is 0.422. The molecule has 2 aromatic heterocycles. The van der Waals surface area contributed by atoms with Gasteiger partial charge in [0, 0.05) is 5.02 Å². The third-order valence-electron chi connectivity index (χ3n) is 2.68. The Morgan fingerprint density at radius 3 is 2.86 bits per heavy atom. The van der Waals surface area contributed by atoms with Crippen LogP contribution >= 0.6 is 23.8 Å². The van der Waals surface area contributed by atoms with E-state index in [1.807, 2.05) is 12.1 Å². The Morgan fingerprint density at radius 1 is 1.33 bits per heavy atom. The maximum atomic E-state index is 5.84. The molecule has 7 nitrogen and oxygen atoms in total. The van der Waals surface area contributed by atoms with Gasteiger partial charge in [0.05, 0.1) is 6.21 Å². The van der Waals surface area contributed by atoms with Crippen molar-refractivity contribution in [3.05, 3.63) is 58.1 Å². The molecule has 0 spiro atoms. The molecule has 0 radical (unpaired) electrons. The molecule has 0 saturated carbocycles. The summed E-state index contributed by atoms with van der Waals surface area (Å²) in [4.78, 5) is 3.88. The van der Waals surface area contributed by atoms with Gasteiger partial charge in [-0.1, -0.05) is 23.7 Å². The van der Waals surface area contributed by atoms with Gasteiger partial charge in [-0.25, -0.2) is 9.67 Å². The molecule has 3 aromatic rings. The summed E-state index contributed by atoms with van der Waals surface area (Å²) in [7, 11) is 0. The predicted octanol–water partition coefficient (Wildman–Crippen LogP) is 2.12. The highest BCUT2D eigenvalue weighted by Crippen LogP contribution is 2.08. The highest BCUT2D eigenvalue weighted by Gasteiger charge is 2.06. The first-order valence-corrected chi connectivity index (χ1v) is 6.79. The quantitative estimate of drug-likeness (QED) is 0.590. The zero-order valence-corrected chi connectivity index (χ0v) is 12.3. The van der Waals surface area contributed by atoms with E-state index in [0.29, 0.717) is 22.2 Å². The largest absolute Gasteiger partial charge is 0.250 e. The molecular weight excluding hydrogens is 310 g/mol. The number of H-pyrrole nitrogens is 1. The number of benzene rings is 1. The SMILES string of the molecule is S=c1[nH]nc(Cn2cncn2)n1/N=C/c1ccc(Cl)cc1. The van der Waals surface area contributed by atoms with Crippen molar-refractivity contribution in [3.63, 3.8) is 0 Å². The number of nitrogens with one attached hydrogen (secondary N) is 1. The lowest BCUT2D eigenvalue weighted by molar-refractivity contribution is 0.623. The number of aromatic amines is 1. The van der Waals surface area contributed by atoms with E-state index >= 15 is 0 Å². The third kappa shape index (κ3) is 3.23. The van der Waals surface area contributed by atoms with Crippen molar-refractivity contribution in [2.24, 2.45) is 5.10 Å². The first kappa shape index (κ1) is 13.7. The van der Waals surface area contributed by atoms with Crippen molar-refractivity contribution >= 4 is 30.0 Å². The Morgan fingerprint density at radius 2 is 2.14 bits per heavy atom. The molecular formula is C12H10ClN7S. The van der Waals surface area contributed by atoms with Crippen molar-refractivity contribution in [1.29, 1.82) is 0 Å². The van der Waals surface area contributed by atoms with E-state index in [0.717, 1.165) is 5.56 Å². The van der Waals surface area contributed by atoms with Gasteiger partial charge in [-0.15, -0.1) is 0 Å². The molecule has 0 fully saturated rings. The Balaban J connectivity index is 1.86. The van der Waals surface area contributed by atoms with Crippen molar-refractivity contribution < 1.29 is 0 Å². The smallest absolute Gasteiger partial charge is 0.216 e. The third-order valence-corrected chi connectivity index (χ3v) is 3.20. The highest BCUT2D eigenvalue weighted by molar-refractivity contribution is 7.71. The van der Waals surface area contributed by atoms with Gasteiger partial charge in [0.25, 0.3) is 0 Å². The molecule has 0 saturated heterocycles. The van der Waals surface area contributed by atoms with E-state index in [1.54, 1.807) is 34.0 Å². The van der Waals surface area contributed by atoms with Crippen LogP contribution in [0, 0.1) is 4.77 Å². The van der Waals surface area contributed by atoms with Crippen LogP contribution in [0.15, 0.2) is 42.0 Å². The van der Waals surface area contributed by atoms with Crippen LogP contribution in [0.25, 0.3) is 0 Å². The fourth-order valence-electron chi connectivity index (χ4n) is 1.68. The van der Waals surface area contributed by atoms with Crippen LogP contribution in [0.5, 0.6) is 0 Å². The Hall–Kier alpha value is -2.32. The minimum Gasteiger partial charge on any atom is -0.250 e. The van der Waals surface area contributed by atoms with Crippen molar-refractivity contribution in [2.45, 2.75) is 6.54 Å². The molecule has 0 bridgehead atoms. The van der Waals surface area contributed by atoms with E-state index < -0.39 is 0 Å². The molecule has 106 valence electrons. The van der Waals surface area contributed by atoms with E-state index in [9.17, 15) is 0 Å². The number of aromatic nitrogens is 6. The molecule has 0 amide bonds. The molecule has 2 heterocycles. The zero-order valence-electron chi connectivity index (χ0n) is 10.7. The Kier molecular flexibility index (Phi) is 3.89. The maximum Gasteiger partial charge on any atom is 0.216 e. The van der Waals surface area contributed by atoms with Gasteiger partial charge in [0.2, 0.25) is 4.77 Å². The number of hydrogen-bond donors (Lipinski definition) is 1. The van der Waals surface area contributed by atoms with Crippen LogP contribution in [0.4, 0.5) is 0 Å². The van der Waals surface area contributed by atoms with E-state index in [2.05, 4.69) is 25.4 Å². The lowest BCUT2D eigenvalue weighted by Crippen LogP contribution is -2.06. The summed E-state index contributed by atoms with van der Waals surface area (Å²) in [5, 5.41) is 15.9. The van der Waals surface area contributed by atoms with Gasteiger partial charge in [-0.2, -0.15) is 20.0 Å². The Bertz CT molecular complexity index is 801. The molecule has 0 aliphatic heterocycles. The molecule has 1 N–H and O–H groups in total. The lowest BCUT2D eigenvalue weighted by Gasteiger charge is -2.00. The number of nitrogens with zero attached hydrogens (tertiary/aromatic N) is 6. The van der Waals surface area contributed by atoms with Crippen LogP contribution in [0.3, 0.4) is 0 Å². The van der Waals surface area contributed by atoms with Gasteiger partial charge in [-0.05, 0) is 29.9 Å². The first-order chi connectivity index (χ1) is 10.2. The van der Waals surface area contributed by atoms with Crippen LogP contribution < -0.4 is 0 Å². The Labute approximate surface area is 129 Å². The number of hydrogen-bond acceptors (Lipinski definition) is 5. The molecule has 0 unspecified atom stereocenters. The van der Waals surface area contributed by atoms with Crippen molar-refractivity contribution in [2.75, 3.05) is 0 Å². The fourth-order valence-corrected chi connectivity index (χ4v) is 2.00. The average molecular weight is 320 g/mol. The lowest BCUT2D eigenvalue weighted by atomic mass is 10.2. The van der Waals surface area contributed by atoms with E-state index in [-0.39, 0.29) is 0 Å². The van der Waals surface area contributed by atoms with E-state index in [1.165, 1.54) is 6.33 Å². The fraction of sp³-hybridized carbons (Fsp3) is 0.0833. The predicted molar refractivity (Wildman–Crippen MR) is 81.0 cm³/mol. The summed E-state index contributed by atoms with van der Waals surface area (Å²) >= 11 is 11.0. The maximum absolute atomic E-state index is 5.84. The second-order valence-electron chi connectivity index (χ2n) is 4.15. The summed E-state index contributed by atoms with van der Waals surface area (Å²) in [5.41, 5.74) is 0.911. The summed E-state index contributed by atoms with van der Waals surface area (Å²) < 4.78 is 3.60. The second-order valence-corrected chi connectivity index (χ2v) is 4.97. The molecule has 0 aliphatic carbocycles. The standard InChI is InChI=1S/C12H10ClN7S/c13-10-3-1-9(2-4-10)5-15-20-11(17-18-12(20)21)6-19-8-14-7-16-19/h1-5,7-8H,6H2,(H,18,21)/b15-5+. The van der Waals surface area contributed by atoms with Gasteiger partial charge >= 0.3 is 0 Å². The minimum atomic E-state index is 0.412. The van der Waals surface area contributed by atoms with Crippen LogP contribution in [0.1, 0.15) is 11.4 Å². The monoisotopic (exact) mass is 319 g/mol. The van der Waals surface area contributed by atoms with Crippen molar-refractivity contribution in [3.8, 4) is 0 Å². The first-order valence-electron chi connectivity index (χ1n) is 6.01. The number of halogens is 1. The van der Waals surface area contributed by atoms with Gasteiger partial charge < -0.3 is 0 Å². The molecule has 1 aromatic carbocycles. The summed E-state index contributed by atoms with van der Waals surface area (Å²) in [6, 6.07) is 7.33. The topological polar surface area (TPSA) is 76.7 Å². The zero-order chi connectivity index (χ0) is 14.7. The van der Waals surface area contributed by atoms with Gasteiger partial charge in [-0.3, -0.25) is 5.10 Å². The number of rotatable bonds is 4. The van der Waals surface area contributed by atoms with Gasteiger partial charge in [0.1, 0.15) is 19.2 Å². The van der Waals surface area contributed by atoms with Crippen LogP contribution in [-0.4, -0.2) is 35.9 Å². The minimum absolute atomic E-state index is 0.412. The molecule has 0 atom stereocenters. The molecule has 0 aliphatic rings. The summed E-state index contributed by atoms with van der Waals surface area (Å²) in [6.07, 6.45) is 4.75. The summed E-state index contributed by atoms with van der Waals surface area (Å²) in [5.74, 6) is 0.635. The van der Waals surface area contributed by atoms with E-state index in [4.69, 9.17) is 23.8 Å². The van der Waals surface area contributed by atoms with Crippen molar-refractivity contribution in [1.82, 2.24) is 29.6 Å². The average Bonchev–Trinajstić information content (AvgIpc) is 3.10. The normalized spacial score (nSPS) is 11.3. The van der Waals surface area contributed by atoms with Gasteiger partial charge in [0.15, 0.2) is 5.82 Å².